The Hall–Kier alpha value is -2.12. The van der Waals surface area contributed by atoms with Crippen molar-refractivity contribution in [1.82, 2.24) is 20.0 Å². The summed E-state index contributed by atoms with van der Waals surface area (Å²) in [5, 5.41) is 17.1. The summed E-state index contributed by atoms with van der Waals surface area (Å²) in [7, 11) is 0. The quantitative estimate of drug-likeness (QED) is 0.869. The topological polar surface area (TPSA) is 70.4 Å². The number of hydrogen-bond acceptors (Lipinski definition) is 4. The van der Waals surface area contributed by atoms with E-state index in [4.69, 9.17) is 0 Å². The molecule has 22 heavy (non-hydrogen) atoms. The minimum Gasteiger partial charge on any atom is -0.504 e. The number of piperazine rings is 1. The summed E-state index contributed by atoms with van der Waals surface area (Å²) < 4.78 is 14.9. The molecule has 3 rings (SSSR count). The van der Waals surface area contributed by atoms with E-state index in [9.17, 15) is 14.3 Å². The van der Waals surface area contributed by atoms with E-state index in [1.165, 1.54) is 23.0 Å². The van der Waals surface area contributed by atoms with E-state index in [0.29, 0.717) is 26.2 Å². The van der Waals surface area contributed by atoms with Crippen LogP contribution in [0.5, 0.6) is 5.75 Å². The van der Waals surface area contributed by atoms with Gasteiger partial charge in [0.2, 0.25) is 0 Å². The first kappa shape index (κ1) is 16.3. The predicted molar refractivity (Wildman–Crippen MR) is 81.2 cm³/mol. The fraction of sp³-hybridized carbons (Fsp3) is 0.286. The molecule has 1 aliphatic rings. The van der Waals surface area contributed by atoms with Crippen molar-refractivity contribution in [3.8, 4) is 11.4 Å². The maximum Gasteiger partial charge on any atom is 0.278 e. The van der Waals surface area contributed by atoms with Crippen molar-refractivity contribution in [2.75, 3.05) is 26.2 Å². The van der Waals surface area contributed by atoms with Crippen LogP contribution in [0.25, 0.3) is 5.69 Å². The van der Waals surface area contributed by atoms with Crippen LogP contribution in [0.4, 0.5) is 4.39 Å². The Morgan fingerprint density at radius 1 is 1.27 bits per heavy atom. The summed E-state index contributed by atoms with van der Waals surface area (Å²) in [6, 6.07) is 6.05. The lowest BCUT2D eigenvalue weighted by molar-refractivity contribution is 0.0726. The monoisotopic (exact) mass is 326 g/mol. The van der Waals surface area contributed by atoms with Crippen molar-refractivity contribution < 1.29 is 14.3 Å². The van der Waals surface area contributed by atoms with Crippen LogP contribution in [0.2, 0.25) is 0 Å². The molecule has 1 amide bonds. The normalized spacial score (nSPS) is 14.5. The van der Waals surface area contributed by atoms with Crippen molar-refractivity contribution in [3.05, 3.63) is 42.0 Å². The van der Waals surface area contributed by atoms with E-state index >= 15 is 0 Å². The number of nitrogens with zero attached hydrogens (tertiary/aromatic N) is 3. The Bertz CT molecular complexity index is 671. The summed E-state index contributed by atoms with van der Waals surface area (Å²) in [5.74, 6) is -1.06. The van der Waals surface area contributed by atoms with Gasteiger partial charge in [-0.2, -0.15) is 5.10 Å². The molecule has 0 bridgehead atoms. The van der Waals surface area contributed by atoms with Crippen molar-refractivity contribution in [1.29, 1.82) is 0 Å². The van der Waals surface area contributed by atoms with Gasteiger partial charge in [-0.25, -0.2) is 9.07 Å². The van der Waals surface area contributed by atoms with E-state index in [1.54, 1.807) is 17.0 Å². The van der Waals surface area contributed by atoms with Gasteiger partial charge in [-0.15, -0.1) is 12.4 Å². The van der Waals surface area contributed by atoms with Gasteiger partial charge in [0.25, 0.3) is 5.91 Å². The number of amides is 1. The third kappa shape index (κ3) is 3.05. The van der Waals surface area contributed by atoms with Gasteiger partial charge in [0, 0.05) is 26.2 Å². The van der Waals surface area contributed by atoms with Gasteiger partial charge in [0.1, 0.15) is 11.5 Å². The largest absolute Gasteiger partial charge is 0.504 e. The molecular formula is C14H16ClFN4O2. The van der Waals surface area contributed by atoms with Crippen LogP contribution in [-0.2, 0) is 0 Å². The van der Waals surface area contributed by atoms with Gasteiger partial charge in [0.15, 0.2) is 11.4 Å². The summed E-state index contributed by atoms with van der Waals surface area (Å²) >= 11 is 0. The standard InChI is InChI=1S/C14H15FN4O2.ClH/c15-10-3-1-2-4-11(10)19-9-12(20)13(17-19)14(21)18-7-5-16-6-8-18;/h1-4,9,16,20H,5-8H2;1H. The average Bonchev–Trinajstić information content (AvgIpc) is 2.89. The van der Waals surface area contributed by atoms with E-state index in [1.807, 2.05) is 0 Å². The van der Waals surface area contributed by atoms with Crippen molar-refractivity contribution in [2.24, 2.45) is 0 Å². The first-order chi connectivity index (χ1) is 10.2. The number of hydrogen-bond donors (Lipinski definition) is 2. The third-order valence-electron chi connectivity index (χ3n) is 3.40. The molecule has 2 aromatic rings. The second kappa shape index (κ2) is 6.76. The zero-order valence-electron chi connectivity index (χ0n) is 11.7. The molecule has 1 fully saturated rings. The lowest BCUT2D eigenvalue weighted by Gasteiger charge is -2.26. The molecule has 1 saturated heterocycles. The molecule has 1 aliphatic heterocycles. The van der Waals surface area contributed by atoms with Gasteiger partial charge in [-0.05, 0) is 12.1 Å². The molecule has 118 valence electrons. The minimum absolute atomic E-state index is 0. The molecule has 1 aromatic heterocycles. The number of aromatic nitrogens is 2. The van der Waals surface area contributed by atoms with Gasteiger partial charge < -0.3 is 15.3 Å². The smallest absolute Gasteiger partial charge is 0.278 e. The molecule has 0 saturated carbocycles. The molecule has 1 aromatic carbocycles. The number of carbonyl (C=O) groups is 1. The highest BCUT2D eigenvalue weighted by atomic mass is 35.5. The van der Waals surface area contributed by atoms with Crippen molar-refractivity contribution in [2.45, 2.75) is 0 Å². The second-order valence-electron chi connectivity index (χ2n) is 4.80. The van der Waals surface area contributed by atoms with E-state index in [2.05, 4.69) is 10.4 Å². The number of para-hydroxylation sites is 1. The number of halogens is 2. The molecule has 0 spiro atoms. The molecule has 0 radical (unpaired) electrons. The van der Waals surface area contributed by atoms with Crippen LogP contribution < -0.4 is 5.32 Å². The van der Waals surface area contributed by atoms with Gasteiger partial charge in [-0.1, -0.05) is 12.1 Å². The SMILES string of the molecule is Cl.O=C(c1nn(-c2ccccc2F)cc1O)N1CCNCC1. The van der Waals surface area contributed by atoms with Crippen LogP contribution in [-0.4, -0.2) is 51.9 Å². The Kier molecular flexibility index (Phi) is 4.99. The van der Waals surface area contributed by atoms with E-state index in [0.717, 1.165) is 0 Å². The lowest BCUT2D eigenvalue weighted by atomic mass is 10.3. The molecule has 8 heteroatoms. The highest BCUT2D eigenvalue weighted by molar-refractivity contribution is 5.95. The van der Waals surface area contributed by atoms with Crippen LogP contribution >= 0.6 is 12.4 Å². The minimum atomic E-state index is -0.471. The average molecular weight is 327 g/mol. The zero-order chi connectivity index (χ0) is 14.8. The fourth-order valence-corrected chi connectivity index (χ4v) is 2.30. The van der Waals surface area contributed by atoms with Gasteiger partial charge in [-0.3, -0.25) is 4.79 Å². The highest BCUT2D eigenvalue weighted by Gasteiger charge is 2.24. The summed E-state index contributed by atoms with van der Waals surface area (Å²) in [5.41, 5.74) is 0.132. The van der Waals surface area contributed by atoms with Crippen LogP contribution in [0.15, 0.2) is 30.5 Å². The number of rotatable bonds is 2. The zero-order valence-corrected chi connectivity index (χ0v) is 12.5. The fourth-order valence-electron chi connectivity index (χ4n) is 2.30. The first-order valence-electron chi connectivity index (χ1n) is 6.70. The lowest BCUT2D eigenvalue weighted by Crippen LogP contribution is -2.46. The Morgan fingerprint density at radius 3 is 2.64 bits per heavy atom. The van der Waals surface area contributed by atoms with Crippen molar-refractivity contribution >= 4 is 18.3 Å². The summed E-state index contributed by atoms with van der Waals surface area (Å²) in [6.07, 6.45) is 1.24. The third-order valence-corrected chi connectivity index (χ3v) is 3.40. The molecular weight excluding hydrogens is 311 g/mol. The number of benzene rings is 1. The van der Waals surface area contributed by atoms with Crippen LogP contribution in [0.3, 0.4) is 0 Å². The highest BCUT2D eigenvalue weighted by Crippen LogP contribution is 2.21. The van der Waals surface area contributed by atoms with Crippen LogP contribution in [0, 0.1) is 5.82 Å². The maximum atomic E-state index is 13.7. The summed E-state index contributed by atoms with van der Waals surface area (Å²) in [4.78, 5) is 13.9. The Labute approximate surface area is 132 Å². The molecule has 0 unspecified atom stereocenters. The summed E-state index contributed by atoms with van der Waals surface area (Å²) in [6.45, 7) is 2.54. The molecule has 2 N–H and O–H groups in total. The van der Waals surface area contributed by atoms with E-state index < -0.39 is 5.82 Å². The number of nitrogens with one attached hydrogen (secondary N) is 1. The molecule has 0 aliphatic carbocycles. The first-order valence-corrected chi connectivity index (χ1v) is 6.70. The maximum absolute atomic E-state index is 13.7. The van der Waals surface area contributed by atoms with E-state index in [-0.39, 0.29) is 35.4 Å². The number of carbonyl (C=O) groups excluding carboxylic acids is 1. The van der Waals surface area contributed by atoms with Gasteiger partial charge in [0.05, 0.1) is 6.20 Å². The Morgan fingerprint density at radius 2 is 1.95 bits per heavy atom. The number of aromatic hydroxyl groups is 1. The Balaban J connectivity index is 0.00000176. The molecule has 6 nitrogen and oxygen atoms in total. The molecule has 2 heterocycles. The predicted octanol–water partition coefficient (Wildman–Crippen LogP) is 1.18. The molecule has 0 atom stereocenters. The van der Waals surface area contributed by atoms with Crippen molar-refractivity contribution in [3.63, 3.8) is 0 Å². The second-order valence-corrected chi connectivity index (χ2v) is 4.80. The van der Waals surface area contributed by atoms with Crippen LogP contribution in [0.1, 0.15) is 10.5 Å². The van der Waals surface area contributed by atoms with Gasteiger partial charge >= 0.3 is 0 Å².